The lowest BCUT2D eigenvalue weighted by Crippen LogP contribution is -2.31. The Hall–Kier alpha value is -3.30. The molecule has 3 aromatic heterocycles. The molecule has 9 heteroatoms. The fourth-order valence-electron chi connectivity index (χ4n) is 3.86. The molecule has 4 heterocycles. The molecule has 0 N–H and O–H groups in total. The van der Waals surface area contributed by atoms with Crippen molar-refractivity contribution in [3.8, 4) is 27.7 Å². The largest absolute Gasteiger partial charge is 0.573 e. The molecule has 1 aliphatic heterocycles. The van der Waals surface area contributed by atoms with E-state index in [9.17, 15) is 13.2 Å². The number of alkyl halides is 3. The van der Waals surface area contributed by atoms with Crippen LogP contribution in [0.5, 0.6) is 5.75 Å². The predicted molar refractivity (Wildman–Crippen MR) is 120 cm³/mol. The van der Waals surface area contributed by atoms with Crippen molar-refractivity contribution >= 4 is 11.3 Å². The quantitative estimate of drug-likeness (QED) is 0.375. The van der Waals surface area contributed by atoms with Crippen molar-refractivity contribution in [2.75, 3.05) is 6.54 Å². The highest BCUT2D eigenvalue weighted by Gasteiger charge is 2.32. The van der Waals surface area contributed by atoms with Gasteiger partial charge in [0.15, 0.2) is 5.82 Å². The van der Waals surface area contributed by atoms with Crippen LogP contribution < -0.4 is 4.74 Å². The van der Waals surface area contributed by atoms with Gasteiger partial charge in [-0.05, 0) is 35.2 Å². The summed E-state index contributed by atoms with van der Waals surface area (Å²) in [7, 11) is 0. The summed E-state index contributed by atoms with van der Waals surface area (Å²) in [5.41, 5.74) is 3.90. The van der Waals surface area contributed by atoms with Crippen molar-refractivity contribution in [3.05, 3.63) is 83.1 Å². The van der Waals surface area contributed by atoms with E-state index in [2.05, 4.69) is 19.6 Å². The van der Waals surface area contributed by atoms with Gasteiger partial charge in [0.25, 0.3) is 0 Å². The maximum Gasteiger partial charge on any atom is 0.573 e. The summed E-state index contributed by atoms with van der Waals surface area (Å²) in [6, 6.07) is 13.6. The summed E-state index contributed by atoms with van der Waals surface area (Å²) in [6.45, 7) is 2.28. The Morgan fingerprint density at radius 1 is 1.00 bits per heavy atom. The molecule has 0 fully saturated rings. The minimum absolute atomic E-state index is 0.264. The van der Waals surface area contributed by atoms with Gasteiger partial charge in [0.1, 0.15) is 5.75 Å². The number of hydrogen-bond acceptors (Lipinski definition) is 6. The second-order valence-electron chi connectivity index (χ2n) is 7.70. The van der Waals surface area contributed by atoms with Gasteiger partial charge in [-0.3, -0.25) is 9.88 Å². The van der Waals surface area contributed by atoms with Gasteiger partial charge in [0.2, 0.25) is 0 Å². The summed E-state index contributed by atoms with van der Waals surface area (Å²) in [6.07, 6.45) is -0.313. The number of fused-ring (bicyclic) bond motifs is 1. The van der Waals surface area contributed by atoms with Crippen molar-refractivity contribution in [1.82, 2.24) is 19.9 Å². The van der Waals surface area contributed by atoms with Crippen LogP contribution in [-0.4, -0.2) is 32.8 Å². The molecular weight excluding hydrogens is 449 g/mol. The van der Waals surface area contributed by atoms with Crippen LogP contribution in [0.3, 0.4) is 0 Å². The molecule has 0 spiro atoms. The van der Waals surface area contributed by atoms with E-state index in [0.29, 0.717) is 17.8 Å². The average molecular weight is 469 g/mol. The van der Waals surface area contributed by atoms with Gasteiger partial charge in [0.05, 0.1) is 16.3 Å². The molecule has 0 unspecified atom stereocenters. The predicted octanol–water partition coefficient (Wildman–Crippen LogP) is 5.72. The van der Waals surface area contributed by atoms with Crippen LogP contribution >= 0.6 is 11.3 Å². The number of ether oxygens (including phenoxy) is 1. The Morgan fingerprint density at radius 2 is 1.88 bits per heavy atom. The molecule has 0 saturated carbocycles. The zero-order valence-electron chi connectivity index (χ0n) is 17.4. The Balaban J connectivity index is 1.27. The van der Waals surface area contributed by atoms with E-state index in [0.717, 1.165) is 47.0 Å². The Kier molecular flexibility index (Phi) is 5.82. The van der Waals surface area contributed by atoms with Gasteiger partial charge in [-0.2, -0.15) is 0 Å². The van der Waals surface area contributed by atoms with Crippen LogP contribution in [-0.2, 0) is 19.5 Å². The van der Waals surface area contributed by atoms with Gasteiger partial charge in [-0.25, -0.2) is 9.97 Å². The Morgan fingerprint density at radius 3 is 2.64 bits per heavy atom. The number of thiophene rings is 1. The van der Waals surface area contributed by atoms with Crippen LogP contribution in [0.15, 0.2) is 66.3 Å². The average Bonchev–Trinajstić information content (AvgIpc) is 3.34. The van der Waals surface area contributed by atoms with Crippen LogP contribution in [0.1, 0.15) is 16.8 Å². The summed E-state index contributed by atoms with van der Waals surface area (Å²) in [5.74, 6) is 0.506. The van der Waals surface area contributed by atoms with E-state index in [1.54, 1.807) is 35.7 Å². The van der Waals surface area contributed by atoms with Crippen molar-refractivity contribution in [2.24, 2.45) is 0 Å². The maximum absolute atomic E-state index is 12.7. The smallest absolute Gasteiger partial charge is 0.405 e. The van der Waals surface area contributed by atoms with E-state index < -0.39 is 6.36 Å². The van der Waals surface area contributed by atoms with Crippen LogP contribution in [0, 0.1) is 0 Å². The number of nitrogens with zero attached hydrogens (tertiary/aromatic N) is 4. The molecule has 5 nitrogen and oxygen atoms in total. The summed E-state index contributed by atoms with van der Waals surface area (Å²) >= 11 is 1.63. The van der Waals surface area contributed by atoms with Gasteiger partial charge in [-0.15, -0.1) is 24.5 Å². The summed E-state index contributed by atoms with van der Waals surface area (Å²) < 4.78 is 42.3. The highest BCUT2D eigenvalue weighted by molar-refractivity contribution is 7.13. The van der Waals surface area contributed by atoms with E-state index in [-0.39, 0.29) is 5.75 Å². The molecule has 0 saturated heterocycles. The van der Waals surface area contributed by atoms with Gasteiger partial charge < -0.3 is 4.74 Å². The minimum Gasteiger partial charge on any atom is -0.405 e. The van der Waals surface area contributed by atoms with E-state index in [1.807, 2.05) is 29.8 Å². The molecule has 5 rings (SSSR count). The van der Waals surface area contributed by atoms with Crippen LogP contribution in [0.4, 0.5) is 13.2 Å². The van der Waals surface area contributed by atoms with Gasteiger partial charge >= 0.3 is 6.36 Å². The molecule has 0 amide bonds. The molecule has 1 aliphatic rings. The van der Waals surface area contributed by atoms with Crippen molar-refractivity contribution in [2.45, 2.75) is 25.9 Å². The normalized spacial score (nSPS) is 14.2. The van der Waals surface area contributed by atoms with Crippen molar-refractivity contribution in [1.29, 1.82) is 0 Å². The second-order valence-corrected chi connectivity index (χ2v) is 8.65. The molecule has 0 aliphatic carbocycles. The van der Waals surface area contributed by atoms with Gasteiger partial charge in [-0.1, -0.05) is 24.3 Å². The molecule has 1 aromatic carbocycles. The molecule has 0 bridgehead atoms. The topological polar surface area (TPSA) is 51.1 Å². The lowest BCUT2D eigenvalue weighted by Gasteiger charge is -2.28. The number of benzene rings is 1. The molecule has 0 atom stereocenters. The number of aromatic nitrogens is 3. The number of halogens is 3. The van der Waals surface area contributed by atoms with E-state index >= 15 is 0 Å². The minimum atomic E-state index is -4.76. The fourth-order valence-corrected chi connectivity index (χ4v) is 4.53. The fraction of sp³-hybridized carbons (Fsp3) is 0.208. The highest BCUT2D eigenvalue weighted by atomic mass is 32.1. The first kappa shape index (κ1) is 21.5. The van der Waals surface area contributed by atoms with Crippen LogP contribution in [0.25, 0.3) is 22.0 Å². The standard InChI is InChI=1S/C24H19F3N4OS/c25-24(26,27)32-21-5-2-1-4-18(21)20-8-7-16(12-28-20)14-31-10-9-19-17(15-31)13-29-23(30-19)22-6-3-11-33-22/h1-8,11-13H,9-10,14-15H2. The molecule has 168 valence electrons. The first-order chi connectivity index (χ1) is 15.9. The maximum atomic E-state index is 12.7. The third-order valence-corrected chi connectivity index (χ3v) is 6.24. The van der Waals surface area contributed by atoms with Gasteiger partial charge in [0, 0.05) is 49.6 Å². The lowest BCUT2D eigenvalue weighted by atomic mass is 10.1. The summed E-state index contributed by atoms with van der Waals surface area (Å²) in [4.78, 5) is 17.0. The van der Waals surface area contributed by atoms with Crippen molar-refractivity contribution in [3.63, 3.8) is 0 Å². The number of hydrogen-bond donors (Lipinski definition) is 0. The zero-order valence-corrected chi connectivity index (χ0v) is 18.2. The van der Waals surface area contributed by atoms with Crippen LogP contribution in [0.2, 0.25) is 0 Å². The lowest BCUT2D eigenvalue weighted by molar-refractivity contribution is -0.274. The SMILES string of the molecule is FC(F)(F)Oc1ccccc1-c1ccc(CN2CCc3nc(-c4cccs4)ncc3C2)cn1. The monoisotopic (exact) mass is 468 g/mol. The number of rotatable bonds is 5. The molecule has 33 heavy (non-hydrogen) atoms. The molecular formula is C24H19F3N4OS. The molecule has 4 aromatic rings. The second kappa shape index (κ2) is 8.92. The Labute approximate surface area is 192 Å². The van der Waals surface area contributed by atoms with E-state index in [4.69, 9.17) is 4.98 Å². The first-order valence-electron chi connectivity index (χ1n) is 10.4. The third kappa shape index (κ3) is 5.04. The zero-order chi connectivity index (χ0) is 22.8. The number of pyridine rings is 1. The third-order valence-electron chi connectivity index (χ3n) is 5.37. The highest BCUT2D eigenvalue weighted by Crippen LogP contribution is 2.33. The first-order valence-corrected chi connectivity index (χ1v) is 11.2. The molecule has 0 radical (unpaired) electrons. The Bertz CT molecular complexity index is 1240. The van der Waals surface area contributed by atoms with Crippen molar-refractivity contribution < 1.29 is 17.9 Å². The number of para-hydroxylation sites is 1. The van der Waals surface area contributed by atoms with E-state index in [1.165, 1.54) is 12.1 Å². The summed E-state index contributed by atoms with van der Waals surface area (Å²) in [5, 5.41) is 2.02.